The van der Waals surface area contributed by atoms with Crippen molar-refractivity contribution in [3.63, 3.8) is 0 Å². The minimum Gasteiger partial charge on any atom is -0.504 e. The molecule has 0 spiro atoms. The van der Waals surface area contributed by atoms with E-state index in [-0.39, 0.29) is 11.5 Å². The number of carbonyl (C=O) groups excluding carboxylic acids is 1. The van der Waals surface area contributed by atoms with Crippen LogP contribution in [0.15, 0.2) is 60.7 Å². The third kappa shape index (κ3) is 4.56. The topological polar surface area (TPSA) is 76.0 Å². The number of methoxy groups -OCH3 is 2. The molecule has 0 fully saturated rings. The van der Waals surface area contributed by atoms with Crippen molar-refractivity contribution in [1.82, 2.24) is 0 Å². The highest BCUT2D eigenvalue weighted by atomic mass is 16.5. The minimum absolute atomic E-state index is 0.0508. The number of aromatic hydroxyl groups is 2. The maximum absolute atomic E-state index is 10.2. The first-order valence-corrected chi connectivity index (χ1v) is 7.91. The van der Waals surface area contributed by atoms with Crippen molar-refractivity contribution in [2.24, 2.45) is 0 Å². The Morgan fingerprint density at radius 2 is 1.54 bits per heavy atom. The SMILES string of the molecule is COc1cc(C(=CCC=CC=C=O)c2ccc(O)c(OC)c2)ccc1O. The van der Waals surface area contributed by atoms with Crippen molar-refractivity contribution in [3.05, 3.63) is 71.8 Å². The van der Waals surface area contributed by atoms with Gasteiger partial charge in [-0.3, -0.25) is 0 Å². The Balaban J connectivity index is 2.51. The number of hydrogen-bond acceptors (Lipinski definition) is 5. The normalized spacial score (nSPS) is 10.2. The van der Waals surface area contributed by atoms with Crippen LogP contribution in [0.1, 0.15) is 17.5 Å². The highest BCUT2D eigenvalue weighted by molar-refractivity contribution is 5.82. The predicted octanol–water partition coefficient (Wildman–Crippen LogP) is 3.88. The summed E-state index contributed by atoms with van der Waals surface area (Å²) in [5, 5.41) is 19.7. The Kier molecular flexibility index (Phi) is 6.66. The lowest BCUT2D eigenvalue weighted by Gasteiger charge is -2.13. The Morgan fingerprint density at radius 1 is 1.00 bits per heavy atom. The number of benzene rings is 2. The summed E-state index contributed by atoms with van der Waals surface area (Å²) in [6.07, 6.45) is 7.27. The van der Waals surface area contributed by atoms with Crippen LogP contribution in [0.2, 0.25) is 0 Å². The third-order valence-corrected chi connectivity index (χ3v) is 3.74. The summed E-state index contributed by atoms with van der Waals surface area (Å²) in [6, 6.07) is 10.1. The van der Waals surface area contributed by atoms with Crippen molar-refractivity contribution >= 4 is 11.5 Å². The first-order valence-electron chi connectivity index (χ1n) is 7.91. The first kappa shape index (κ1) is 18.9. The van der Waals surface area contributed by atoms with Crippen molar-refractivity contribution < 1.29 is 24.5 Å². The van der Waals surface area contributed by atoms with Gasteiger partial charge in [0.1, 0.15) is 5.94 Å². The highest BCUT2D eigenvalue weighted by Gasteiger charge is 2.11. The zero-order valence-electron chi connectivity index (χ0n) is 14.6. The van der Waals surface area contributed by atoms with E-state index in [2.05, 4.69) is 0 Å². The second-order valence-corrected chi connectivity index (χ2v) is 5.34. The molecule has 0 heterocycles. The fourth-order valence-corrected chi connectivity index (χ4v) is 2.46. The maximum Gasteiger partial charge on any atom is 0.161 e. The number of phenolic OH excluding ortho intramolecular Hbond substituents is 2. The van der Waals surface area contributed by atoms with Crippen molar-refractivity contribution in [2.75, 3.05) is 14.2 Å². The molecule has 5 heteroatoms. The molecule has 2 rings (SSSR count). The second kappa shape index (κ2) is 9.16. The molecule has 0 saturated carbocycles. The molecular weight excluding hydrogens is 332 g/mol. The van der Waals surface area contributed by atoms with Gasteiger partial charge in [0.15, 0.2) is 23.0 Å². The van der Waals surface area contributed by atoms with E-state index in [4.69, 9.17) is 9.47 Å². The van der Waals surface area contributed by atoms with Crippen LogP contribution in [0.25, 0.3) is 5.57 Å². The molecule has 0 aliphatic rings. The summed E-state index contributed by atoms with van der Waals surface area (Å²) >= 11 is 0. The van der Waals surface area contributed by atoms with Crippen LogP contribution in [-0.4, -0.2) is 30.4 Å². The van der Waals surface area contributed by atoms with Crippen LogP contribution in [0.3, 0.4) is 0 Å². The Bertz CT molecular complexity index is 818. The molecule has 0 amide bonds. The fraction of sp³-hybridized carbons (Fsp3) is 0.143. The molecule has 0 unspecified atom stereocenters. The standard InChI is InChI=1S/C21H20O5/c1-25-20-13-15(8-10-18(20)23)17(7-5-3-4-6-12-22)16-9-11-19(24)21(14-16)26-2/h3-4,6-11,13-14,23-24H,5H2,1-2H3. The van der Waals surface area contributed by atoms with Crippen LogP contribution in [-0.2, 0) is 4.79 Å². The predicted molar refractivity (Wildman–Crippen MR) is 100 cm³/mol. The van der Waals surface area contributed by atoms with E-state index in [0.717, 1.165) is 16.7 Å². The quantitative estimate of drug-likeness (QED) is 0.584. The molecule has 2 N–H and O–H groups in total. The lowest BCUT2D eigenvalue weighted by molar-refractivity contribution is 0.373. The average Bonchev–Trinajstić information content (AvgIpc) is 2.66. The van der Waals surface area contributed by atoms with E-state index in [0.29, 0.717) is 17.9 Å². The van der Waals surface area contributed by atoms with Gasteiger partial charge < -0.3 is 19.7 Å². The summed E-state index contributed by atoms with van der Waals surface area (Å²) in [7, 11) is 2.97. The van der Waals surface area contributed by atoms with Gasteiger partial charge in [-0.15, -0.1) is 0 Å². The van der Waals surface area contributed by atoms with Gasteiger partial charge in [0.05, 0.1) is 14.2 Å². The van der Waals surface area contributed by atoms with Gasteiger partial charge in [0.25, 0.3) is 0 Å². The van der Waals surface area contributed by atoms with Crippen molar-refractivity contribution in [1.29, 1.82) is 0 Å². The maximum atomic E-state index is 10.2. The van der Waals surface area contributed by atoms with Gasteiger partial charge in [-0.2, -0.15) is 0 Å². The van der Waals surface area contributed by atoms with Gasteiger partial charge in [0, 0.05) is 6.08 Å². The van der Waals surface area contributed by atoms with Gasteiger partial charge >= 0.3 is 0 Å². The molecule has 0 bridgehead atoms. The fourth-order valence-electron chi connectivity index (χ4n) is 2.46. The van der Waals surface area contributed by atoms with E-state index >= 15 is 0 Å². The Labute approximate surface area is 152 Å². The molecule has 0 radical (unpaired) electrons. The molecule has 134 valence electrons. The largest absolute Gasteiger partial charge is 0.504 e. The van der Waals surface area contributed by atoms with Gasteiger partial charge in [-0.1, -0.05) is 30.4 Å². The monoisotopic (exact) mass is 352 g/mol. The zero-order chi connectivity index (χ0) is 18.9. The average molecular weight is 352 g/mol. The molecule has 0 atom stereocenters. The van der Waals surface area contributed by atoms with E-state index in [1.165, 1.54) is 20.3 Å². The van der Waals surface area contributed by atoms with Crippen LogP contribution >= 0.6 is 0 Å². The smallest absolute Gasteiger partial charge is 0.161 e. The number of rotatable bonds is 7. The van der Waals surface area contributed by atoms with Crippen molar-refractivity contribution in [3.8, 4) is 23.0 Å². The molecule has 2 aromatic carbocycles. The summed E-state index contributed by atoms with van der Waals surface area (Å²) in [6.45, 7) is 0. The summed E-state index contributed by atoms with van der Waals surface area (Å²) in [5.41, 5.74) is 2.51. The molecule has 5 nitrogen and oxygen atoms in total. The molecule has 0 aliphatic heterocycles. The second-order valence-electron chi connectivity index (χ2n) is 5.34. The molecule has 26 heavy (non-hydrogen) atoms. The Morgan fingerprint density at radius 3 is 2.00 bits per heavy atom. The van der Waals surface area contributed by atoms with Crippen molar-refractivity contribution in [2.45, 2.75) is 6.42 Å². The molecule has 0 aromatic heterocycles. The van der Waals surface area contributed by atoms with Gasteiger partial charge in [-0.05, 0) is 47.4 Å². The number of phenols is 2. The van der Waals surface area contributed by atoms with E-state index < -0.39 is 0 Å². The summed E-state index contributed by atoms with van der Waals surface area (Å²) in [5.74, 6) is 2.51. The molecule has 0 aliphatic carbocycles. The van der Waals surface area contributed by atoms with Crippen LogP contribution in [0, 0.1) is 0 Å². The summed E-state index contributed by atoms with van der Waals surface area (Å²) in [4.78, 5) is 10.2. The first-order chi connectivity index (χ1) is 12.6. The van der Waals surface area contributed by atoms with E-state index in [1.807, 2.05) is 12.2 Å². The van der Waals surface area contributed by atoms with E-state index in [9.17, 15) is 15.0 Å². The molecule has 2 aromatic rings. The molecule has 0 saturated heterocycles. The van der Waals surface area contributed by atoms with Gasteiger partial charge in [-0.25, -0.2) is 4.79 Å². The minimum atomic E-state index is 0.0508. The third-order valence-electron chi connectivity index (χ3n) is 3.74. The number of ether oxygens (including phenoxy) is 2. The number of hydrogen-bond donors (Lipinski definition) is 2. The lowest BCUT2D eigenvalue weighted by atomic mass is 9.96. The van der Waals surface area contributed by atoms with Crippen LogP contribution in [0.4, 0.5) is 0 Å². The Hall–Kier alpha value is -3.43. The number of allylic oxidation sites excluding steroid dienone is 4. The summed E-state index contributed by atoms with van der Waals surface area (Å²) < 4.78 is 10.4. The van der Waals surface area contributed by atoms with Gasteiger partial charge in [0.2, 0.25) is 0 Å². The van der Waals surface area contributed by atoms with Crippen LogP contribution < -0.4 is 9.47 Å². The molecular formula is C21H20O5. The van der Waals surface area contributed by atoms with E-state index in [1.54, 1.807) is 48.4 Å². The highest BCUT2D eigenvalue weighted by Crippen LogP contribution is 2.35. The zero-order valence-corrected chi connectivity index (χ0v) is 14.6. The van der Waals surface area contributed by atoms with Crippen LogP contribution in [0.5, 0.6) is 23.0 Å². The lowest BCUT2D eigenvalue weighted by Crippen LogP contribution is -1.92.